The highest BCUT2D eigenvalue weighted by atomic mass is 15.4. The summed E-state index contributed by atoms with van der Waals surface area (Å²) in [5.74, 6) is 0.900. The fraction of sp³-hybridized carbons (Fsp3) is 0.308. The fourth-order valence-electron chi connectivity index (χ4n) is 2.34. The molecule has 0 radical (unpaired) electrons. The summed E-state index contributed by atoms with van der Waals surface area (Å²) in [7, 11) is 0. The minimum Gasteiger partial charge on any atom is -0.368 e. The number of aryl methyl sites for hydroxylation is 1. The summed E-state index contributed by atoms with van der Waals surface area (Å²) in [5.41, 5.74) is 8.95. The van der Waals surface area contributed by atoms with E-state index in [0.29, 0.717) is 11.9 Å². The molecular weight excluding hydrogens is 268 g/mol. The van der Waals surface area contributed by atoms with Crippen LogP contribution < -0.4 is 5.73 Å². The summed E-state index contributed by atoms with van der Waals surface area (Å²) >= 11 is 0. The third kappa shape index (κ3) is 2.24. The van der Waals surface area contributed by atoms with E-state index in [1.807, 2.05) is 13.8 Å². The largest absolute Gasteiger partial charge is 0.368 e. The molecule has 0 fully saturated rings. The Bertz CT molecular complexity index is 772. The zero-order valence-corrected chi connectivity index (χ0v) is 12.1. The molecule has 3 aromatic rings. The van der Waals surface area contributed by atoms with Crippen LogP contribution in [0.4, 0.5) is 5.95 Å². The van der Waals surface area contributed by atoms with Crippen LogP contribution >= 0.6 is 0 Å². The number of nitrogens with zero attached hydrogens (tertiary/aromatic N) is 7. The van der Waals surface area contributed by atoms with Crippen LogP contribution in [-0.2, 0) is 6.42 Å². The van der Waals surface area contributed by atoms with Crippen LogP contribution in [0.5, 0.6) is 0 Å². The van der Waals surface area contributed by atoms with E-state index in [-0.39, 0.29) is 5.95 Å². The van der Waals surface area contributed by atoms with Gasteiger partial charge in [-0.05, 0) is 31.9 Å². The quantitative estimate of drug-likeness (QED) is 0.770. The first-order valence-electron chi connectivity index (χ1n) is 6.67. The monoisotopic (exact) mass is 284 g/mol. The van der Waals surface area contributed by atoms with Gasteiger partial charge in [0.2, 0.25) is 5.95 Å². The number of nitrogens with two attached hydrogens (primary N) is 1. The Kier molecular flexibility index (Phi) is 3.13. The molecule has 0 bridgehead atoms. The molecule has 0 amide bonds. The van der Waals surface area contributed by atoms with Crippen molar-refractivity contribution < 1.29 is 0 Å². The van der Waals surface area contributed by atoms with Gasteiger partial charge >= 0.3 is 0 Å². The molecule has 0 atom stereocenters. The lowest BCUT2D eigenvalue weighted by Gasteiger charge is -2.06. The lowest BCUT2D eigenvalue weighted by atomic mass is 10.1. The minimum absolute atomic E-state index is 0.135. The van der Waals surface area contributed by atoms with Gasteiger partial charge in [0.05, 0.1) is 5.69 Å². The van der Waals surface area contributed by atoms with Gasteiger partial charge in [-0.25, -0.2) is 9.36 Å². The Morgan fingerprint density at radius 3 is 2.52 bits per heavy atom. The Labute approximate surface area is 121 Å². The van der Waals surface area contributed by atoms with Crippen molar-refractivity contribution in [1.82, 2.24) is 34.5 Å². The smallest absolute Gasteiger partial charge is 0.257 e. The number of aromatic nitrogens is 7. The van der Waals surface area contributed by atoms with Gasteiger partial charge in [0.1, 0.15) is 0 Å². The van der Waals surface area contributed by atoms with E-state index in [0.717, 1.165) is 17.8 Å². The summed E-state index contributed by atoms with van der Waals surface area (Å²) in [5, 5.41) is 8.60. The van der Waals surface area contributed by atoms with Gasteiger partial charge in [0.25, 0.3) is 11.9 Å². The Morgan fingerprint density at radius 1 is 1.14 bits per heavy atom. The second kappa shape index (κ2) is 4.97. The molecule has 8 heteroatoms. The Morgan fingerprint density at radius 2 is 1.90 bits per heavy atom. The molecular formula is C13H16N8. The normalized spacial score (nSPS) is 11.0. The third-order valence-electron chi connectivity index (χ3n) is 3.32. The van der Waals surface area contributed by atoms with Gasteiger partial charge in [-0.2, -0.15) is 25.1 Å². The van der Waals surface area contributed by atoms with E-state index in [4.69, 9.17) is 5.73 Å². The summed E-state index contributed by atoms with van der Waals surface area (Å²) < 4.78 is 3.23. The van der Waals surface area contributed by atoms with Crippen molar-refractivity contribution in [3.05, 3.63) is 35.4 Å². The van der Waals surface area contributed by atoms with Crippen molar-refractivity contribution in [2.75, 3.05) is 5.73 Å². The van der Waals surface area contributed by atoms with E-state index in [9.17, 15) is 0 Å². The molecule has 3 heterocycles. The first kappa shape index (κ1) is 13.2. The lowest BCUT2D eigenvalue weighted by molar-refractivity contribution is 0.732. The van der Waals surface area contributed by atoms with Crippen molar-refractivity contribution in [2.45, 2.75) is 27.2 Å². The Hall–Kier alpha value is -2.77. The standard InChI is InChI=1S/C13H16N8/c1-4-10-8(2)19-21(9(10)3)13-17-11(14)16-12(18-13)20-7-5-6-15-20/h5-7H,4H2,1-3H3,(H2,14,16,17,18). The maximum Gasteiger partial charge on any atom is 0.257 e. The molecule has 0 aromatic carbocycles. The Balaban J connectivity index is 2.15. The second-order valence-corrected chi connectivity index (χ2v) is 4.66. The highest BCUT2D eigenvalue weighted by Gasteiger charge is 2.15. The summed E-state index contributed by atoms with van der Waals surface area (Å²) in [4.78, 5) is 12.7. The second-order valence-electron chi connectivity index (χ2n) is 4.66. The van der Waals surface area contributed by atoms with E-state index >= 15 is 0 Å². The van der Waals surface area contributed by atoms with Crippen LogP contribution in [0.1, 0.15) is 23.9 Å². The highest BCUT2D eigenvalue weighted by molar-refractivity contribution is 5.33. The van der Waals surface area contributed by atoms with E-state index in [1.54, 1.807) is 23.1 Å². The van der Waals surface area contributed by atoms with Crippen LogP contribution in [0.3, 0.4) is 0 Å². The molecule has 0 spiro atoms. The predicted octanol–water partition coefficient (Wildman–Crippen LogP) is 1.00. The maximum atomic E-state index is 5.79. The fourth-order valence-corrected chi connectivity index (χ4v) is 2.34. The van der Waals surface area contributed by atoms with Crippen molar-refractivity contribution >= 4 is 5.95 Å². The zero-order valence-electron chi connectivity index (χ0n) is 12.1. The molecule has 0 unspecified atom stereocenters. The lowest BCUT2D eigenvalue weighted by Crippen LogP contribution is -2.13. The van der Waals surface area contributed by atoms with Gasteiger partial charge in [0, 0.05) is 18.1 Å². The number of anilines is 1. The van der Waals surface area contributed by atoms with Gasteiger partial charge in [-0.15, -0.1) is 0 Å². The van der Waals surface area contributed by atoms with Crippen molar-refractivity contribution in [3.63, 3.8) is 0 Å². The predicted molar refractivity (Wildman–Crippen MR) is 77.3 cm³/mol. The zero-order chi connectivity index (χ0) is 15.0. The van der Waals surface area contributed by atoms with E-state index in [1.165, 1.54) is 10.2 Å². The van der Waals surface area contributed by atoms with Crippen LogP contribution in [-0.4, -0.2) is 34.5 Å². The van der Waals surface area contributed by atoms with Crippen LogP contribution in [0, 0.1) is 13.8 Å². The first-order valence-corrected chi connectivity index (χ1v) is 6.67. The van der Waals surface area contributed by atoms with E-state index < -0.39 is 0 Å². The van der Waals surface area contributed by atoms with Crippen molar-refractivity contribution in [3.8, 4) is 11.9 Å². The van der Waals surface area contributed by atoms with Gasteiger partial charge < -0.3 is 5.73 Å². The summed E-state index contributed by atoms with van der Waals surface area (Å²) in [6, 6.07) is 1.79. The SMILES string of the molecule is CCc1c(C)nn(-c2nc(N)nc(-n3cccn3)n2)c1C. The highest BCUT2D eigenvalue weighted by Crippen LogP contribution is 2.17. The first-order chi connectivity index (χ1) is 10.1. The summed E-state index contributed by atoms with van der Waals surface area (Å²) in [6.07, 6.45) is 4.31. The molecule has 0 saturated carbocycles. The van der Waals surface area contributed by atoms with Crippen molar-refractivity contribution in [2.24, 2.45) is 0 Å². The minimum atomic E-state index is 0.135. The molecule has 108 valence electrons. The molecule has 3 rings (SSSR count). The molecule has 8 nitrogen and oxygen atoms in total. The number of rotatable bonds is 3. The molecule has 3 aromatic heterocycles. The molecule has 0 aliphatic rings. The molecule has 0 aliphatic heterocycles. The number of hydrogen-bond donors (Lipinski definition) is 1. The average molecular weight is 284 g/mol. The molecule has 0 aliphatic carbocycles. The number of nitrogen functional groups attached to an aromatic ring is 1. The molecule has 0 saturated heterocycles. The van der Waals surface area contributed by atoms with Crippen LogP contribution in [0.15, 0.2) is 18.5 Å². The average Bonchev–Trinajstić information content (AvgIpc) is 3.07. The topological polar surface area (TPSA) is 100 Å². The van der Waals surface area contributed by atoms with Gasteiger partial charge in [-0.1, -0.05) is 6.92 Å². The van der Waals surface area contributed by atoms with E-state index in [2.05, 4.69) is 32.1 Å². The van der Waals surface area contributed by atoms with Crippen molar-refractivity contribution in [1.29, 1.82) is 0 Å². The maximum absolute atomic E-state index is 5.79. The van der Waals surface area contributed by atoms with Crippen LogP contribution in [0.2, 0.25) is 0 Å². The molecule has 21 heavy (non-hydrogen) atoms. The summed E-state index contributed by atoms with van der Waals surface area (Å²) in [6.45, 7) is 6.06. The van der Waals surface area contributed by atoms with Gasteiger partial charge in [-0.3, -0.25) is 0 Å². The molecule has 2 N–H and O–H groups in total. The van der Waals surface area contributed by atoms with Gasteiger partial charge in [0.15, 0.2) is 0 Å². The van der Waals surface area contributed by atoms with Crippen LogP contribution in [0.25, 0.3) is 11.9 Å². The number of hydrogen-bond acceptors (Lipinski definition) is 6. The third-order valence-corrected chi connectivity index (χ3v) is 3.32.